The molecular weight excluding hydrogens is 345 g/mol. The second-order valence-electron chi connectivity index (χ2n) is 5.93. The summed E-state index contributed by atoms with van der Waals surface area (Å²) in [4.78, 5) is 33.6. The van der Waals surface area contributed by atoms with Gasteiger partial charge >= 0.3 is 12.1 Å². The van der Waals surface area contributed by atoms with Gasteiger partial charge in [-0.15, -0.1) is 0 Å². The zero-order valence-electron chi connectivity index (χ0n) is 14.8. The van der Waals surface area contributed by atoms with Crippen LogP contribution in [0, 0.1) is 5.92 Å². The Balaban J connectivity index is 2.60. The van der Waals surface area contributed by atoms with Crippen molar-refractivity contribution in [1.82, 2.24) is 5.32 Å². The van der Waals surface area contributed by atoms with E-state index in [0.29, 0.717) is 0 Å². The second kappa shape index (κ2) is 10.2. The van der Waals surface area contributed by atoms with Crippen LogP contribution in [0.4, 0.5) is 4.79 Å². The second-order valence-corrected chi connectivity index (χ2v) is 8.44. The molecule has 0 saturated heterocycles. The molecule has 0 aliphatic carbocycles. The minimum absolute atomic E-state index is 0.0655. The van der Waals surface area contributed by atoms with Crippen molar-refractivity contribution in [3.8, 4) is 0 Å². The molecule has 8 heteroatoms. The molecule has 0 aliphatic rings. The summed E-state index contributed by atoms with van der Waals surface area (Å²) < 4.78 is 22.4. The number of esters is 1. The van der Waals surface area contributed by atoms with Crippen molar-refractivity contribution in [3.63, 3.8) is 0 Å². The number of hydrogen-bond acceptors (Lipinski definition) is 5. The summed E-state index contributed by atoms with van der Waals surface area (Å²) in [6, 6.07) is 9.12. The molecule has 0 aromatic heterocycles. The molecule has 1 aromatic rings. The Morgan fingerprint density at radius 3 is 2.40 bits per heavy atom. The number of ether oxygens (including phenoxy) is 2. The predicted molar refractivity (Wildman–Crippen MR) is 94.3 cm³/mol. The maximum atomic E-state index is 12.6. The third kappa shape index (κ3) is 7.71. The fourth-order valence-electron chi connectivity index (χ4n) is 2.24. The fourth-order valence-corrected chi connectivity index (χ4v) is 4.26. The van der Waals surface area contributed by atoms with Crippen molar-refractivity contribution in [2.75, 3.05) is 12.8 Å². The van der Waals surface area contributed by atoms with E-state index >= 15 is 0 Å². The minimum Gasteiger partial charge on any atom is -0.466 e. The Labute approximate surface area is 148 Å². The van der Waals surface area contributed by atoms with Crippen LogP contribution in [-0.4, -0.2) is 35.5 Å². The van der Waals surface area contributed by atoms with Crippen LogP contribution in [0.1, 0.15) is 32.8 Å². The van der Waals surface area contributed by atoms with Crippen LogP contribution >= 0.6 is 7.37 Å². The topological polar surface area (TPSA) is 102 Å². The molecular formula is C17H26NO6P. The molecule has 0 bridgehead atoms. The largest absolute Gasteiger partial charge is 0.466 e. The van der Waals surface area contributed by atoms with Crippen LogP contribution in [0.25, 0.3) is 0 Å². The number of carbonyl (C=O) groups excluding carboxylic acids is 2. The molecule has 0 spiro atoms. The Kier molecular flexibility index (Phi) is 8.66. The number of hydrogen-bond donors (Lipinski definition) is 2. The van der Waals surface area contributed by atoms with Crippen molar-refractivity contribution in [3.05, 3.63) is 35.9 Å². The number of amides is 1. The highest BCUT2D eigenvalue weighted by Gasteiger charge is 2.35. The average molecular weight is 371 g/mol. The first-order chi connectivity index (χ1) is 11.8. The van der Waals surface area contributed by atoms with E-state index < -0.39 is 25.2 Å². The lowest BCUT2D eigenvalue weighted by Gasteiger charge is -2.26. The van der Waals surface area contributed by atoms with Gasteiger partial charge in [-0.2, -0.15) is 0 Å². The normalized spacial score (nSPS) is 14.4. The number of carbonyl (C=O) groups is 2. The third-order valence-electron chi connectivity index (χ3n) is 3.49. The van der Waals surface area contributed by atoms with Gasteiger partial charge in [-0.1, -0.05) is 44.2 Å². The van der Waals surface area contributed by atoms with Crippen molar-refractivity contribution < 1.29 is 28.5 Å². The van der Waals surface area contributed by atoms with Gasteiger partial charge in [0.2, 0.25) is 7.37 Å². The van der Waals surface area contributed by atoms with Crippen LogP contribution in [0.5, 0.6) is 0 Å². The first kappa shape index (κ1) is 21.2. The Bertz CT molecular complexity index is 604. The highest BCUT2D eigenvalue weighted by molar-refractivity contribution is 7.58. The summed E-state index contributed by atoms with van der Waals surface area (Å²) in [5.74, 6) is -1.83. The molecule has 0 saturated carbocycles. The Morgan fingerprint density at radius 1 is 1.20 bits per heavy atom. The van der Waals surface area contributed by atoms with Gasteiger partial charge in [-0.25, -0.2) is 4.79 Å². The van der Waals surface area contributed by atoms with E-state index in [2.05, 4.69) is 5.32 Å². The minimum atomic E-state index is -3.80. The SMILES string of the molecule is CCOC(=O)CCP(=O)(O)[C@@H](NC(=O)OCc1ccccc1)C(C)C. The third-order valence-corrected chi connectivity index (χ3v) is 5.95. The summed E-state index contributed by atoms with van der Waals surface area (Å²) in [5, 5.41) is 2.46. The van der Waals surface area contributed by atoms with Crippen molar-refractivity contribution >= 4 is 19.4 Å². The summed E-state index contributed by atoms with van der Waals surface area (Å²) in [7, 11) is -3.80. The summed E-state index contributed by atoms with van der Waals surface area (Å²) in [5.41, 5.74) is 0.813. The maximum absolute atomic E-state index is 12.6. The average Bonchev–Trinajstić information content (AvgIpc) is 2.57. The van der Waals surface area contributed by atoms with Crippen LogP contribution < -0.4 is 5.32 Å². The highest BCUT2D eigenvalue weighted by Crippen LogP contribution is 2.48. The zero-order chi connectivity index (χ0) is 18.9. The molecule has 25 heavy (non-hydrogen) atoms. The number of benzene rings is 1. The monoisotopic (exact) mass is 371 g/mol. The smallest absolute Gasteiger partial charge is 0.408 e. The molecule has 0 aliphatic heterocycles. The van der Waals surface area contributed by atoms with Gasteiger partial charge in [0.15, 0.2) is 0 Å². The zero-order valence-corrected chi connectivity index (χ0v) is 15.7. The van der Waals surface area contributed by atoms with Gasteiger partial charge in [0.1, 0.15) is 12.4 Å². The molecule has 1 unspecified atom stereocenters. The molecule has 1 rings (SSSR count). The fraction of sp³-hybridized carbons (Fsp3) is 0.529. The summed E-state index contributed by atoms with van der Waals surface area (Å²) in [6.45, 7) is 5.38. The number of nitrogens with one attached hydrogen (secondary N) is 1. The van der Waals surface area contributed by atoms with E-state index in [1.54, 1.807) is 20.8 Å². The van der Waals surface area contributed by atoms with E-state index in [1.807, 2.05) is 30.3 Å². The summed E-state index contributed by atoms with van der Waals surface area (Å²) >= 11 is 0. The van der Waals surface area contributed by atoms with E-state index in [9.17, 15) is 19.0 Å². The Morgan fingerprint density at radius 2 is 1.84 bits per heavy atom. The van der Waals surface area contributed by atoms with Crippen molar-refractivity contribution in [1.29, 1.82) is 0 Å². The first-order valence-corrected chi connectivity index (χ1v) is 10.1. The standard InChI is InChI=1S/C17H26NO6P/c1-4-23-15(19)10-11-25(21,22)16(13(2)3)18-17(20)24-12-14-8-6-5-7-9-14/h5-9,13,16H,4,10-12H2,1-3H3,(H,18,20)(H,21,22)/t16-/m1/s1. The maximum Gasteiger partial charge on any atom is 0.408 e. The van der Waals surface area contributed by atoms with Crippen LogP contribution in [-0.2, 0) is 25.4 Å². The molecule has 140 valence electrons. The lowest BCUT2D eigenvalue weighted by molar-refractivity contribution is -0.142. The van der Waals surface area contributed by atoms with Gasteiger partial charge in [0.05, 0.1) is 13.0 Å². The highest BCUT2D eigenvalue weighted by atomic mass is 31.2. The van der Waals surface area contributed by atoms with Crippen molar-refractivity contribution in [2.45, 2.75) is 39.6 Å². The molecule has 0 heterocycles. The predicted octanol–water partition coefficient (Wildman–Crippen LogP) is 3.12. The van der Waals surface area contributed by atoms with Crippen LogP contribution in [0.2, 0.25) is 0 Å². The van der Waals surface area contributed by atoms with E-state index in [-0.39, 0.29) is 31.7 Å². The Hall–Kier alpha value is -1.85. The van der Waals surface area contributed by atoms with Gasteiger partial charge < -0.3 is 19.7 Å². The van der Waals surface area contributed by atoms with Gasteiger partial charge in [0.25, 0.3) is 0 Å². The number of alkyl carbamates (subject to hydrolysis) is 1. The lowest BCUT2D eigenvalue weighted by atomic mass is 10.2. The van der Waals surface area contributed by atoms with E-state index in [4.69, 9.17) is 9.47 Å². The quantitative estimate of drug-likeness (QED) is 0.511. The van der Waals surface area contributed by atoms with Gasteiger partial charge in [0, 0.05) is 6.16 Å². The molecule has 0 radical (unpaired) electrons. The molecule has 2 atom stereocenters. The van der Waals surface area contributed by atoms with Crippen molar-refractivity contribution in [2.24, 2.45) is 5.92 Å². The molecule has 0 fully saturated rings. The molecule has 1 amide bonds. The molecule has 1 aromatic carbocycles. The van der Waals surface area contributed by atoms with Crippen LogP contribution in [0.15, 0.2) is 30.3 Å². The number of rotatable bonds is 9. The van der Waals surface area contributed by atoms with E-state index in [1.165, 1.54) is 0 Å². The molecule has 7 nitrogen and oxygen atoms in total. The summed E-state index contributed by atoms with van der Waals surface area (Å²) in [6.07, 6.45) is -1.20. The molecule has 2 N–H and O–H groups in total. The van der Waals surface area contributed by atoms with Crippen LogP contribution in [0.3, 0.4) is 0 Å². The lowest BCUT2D eigenvalue weighted by Crippen LogP contribution is -2.39. The first-order valence-electron chi connectivity index (χ1n) is 8.20. The van der Waals surface area contributed by atoms with Gasteiger partial charge in [-0.05, 0) is 18.4 Å². The van der Waals surface area contributed by atoms with E-state index in [0.717, 1.165) is 5.56 Å². The van der Waals surface area contributed by atoms with Gasteiger partial charge in [-0.3, -0.25) is 9.36 Å².